The van der Waals surface area contributed by atoms with Gasteiger partial charge in [0.25, 0.3) is 5.56 Å². The van der Waals surface area contributed by atoms with Gasteiger partial charge in [-0.3, -0.25) is 4.79 Å². The molecule has 1 N–H and O–H groups in total. The van der Waals surface area contributed by atoms with Gasteiger partial charge in [-0.1, -0.05) is 25.8 Å². The van der Waals surface area contributed by atoms with E-state index in [1.807, 2.05) is 0 Å². The predicted octanol–water partition coefficient (Wildman–Crippen LogP) is 5.02. The fraction of sp³-hybridized carbons (Fsp3) is 0.500. The lowest BCUT2D eigenvalue weighted by Crippen LogP contribution is -2.56. The number of pyridine rings is 1. The number of phenolic OH excluding ortho intramolecular Hbond substituents is 1. The Morgan fingerprint density at radius 2 is 1.97 bits per heavy atom. The number of aryl methyl sites for hydroxylation is 1. The summed E-state index contributed by atoms with van der Waals surface area (Å²) >= 11 is 0. The number of anilines is 1. The molecular weight excluding hydrogens is 476 g/mol. The Morgan fingerprint density at radius 3 is 2.68 bits per heavy atom. The number of hydrogen-bond donors (Lipinski definition) is 1. The van der Waals surface area contributed by atoms with Gasteiger partial charge in [0.1, 0.15) is 17.7 Å². The number of halogens is 2. The quantitative estimate of drug-likeness (QED) is 0.522. The highest BCUT2D eigenvalue weighted by Gasteiger charge is 2.52. The maximum absolute atomic E-state index is 15.9. The summed E-state index contributed by atoms with van der Waals surface area (Å²) < 4.78 is 31.5. The highest BCUT2D eigenvalue weighted by Crippen LogP contribution is 2.52. The zero-order chi connectivity index (χ0) is 25.9. The van der Waals surface area contributed by atoms with Gasteiger partial charge in [-0.25, -0.2) is 13.8 Å². The van der Waals surface area contributed by atoms with Crippen molar-refractivity contribution in [1.82, 2.24) is 19.7 Å². The van der Waals surface area contributed by atoms with Crippen molar-refractivity contribution >= 4 is 5.82 Å². The first-order valence-electron chi connectivity index (χ1n) is 13.1. The van der Waals surface area contributed by atoms with E-state index in [2.05, 4.69) is 27.0 Å². The molecule has 9 heteroatoms. The topological polar surface area (TPSA) is 84.1 Å². The van der Waals surface area contributed by atoms with Crippen molar-refractivity contribution in [1.29, 1.82) is 0 Å². The third-order valence-corrected chi connectivity index (χ3v) is 8.53. The maximum atomic E-state index is 15.9. The summed E-state index contributed by atoms with van der Waals surface area (Å²) in [6.07, 6.45) is 8.82. The van der Waals surface area contributed by atoms with Gasteiger partial charge in [-0.15, -0.1) is 10.2 Å². The molecule has 4 atom stereocenters. The van der Waals surface area contributed by atoms with Crippen molar-refractivity contribution in [3.05, 3.63) is 52.8 Å². The minimum atomic E-state index is -0.919. The summed E-state index contributed by atoms with van der Waals surface area (Å²) in [5, 5.41) is 19.4. The second-order valence-corrected chi connectivity index (χ2v) is 11.3. The van der Waals surface area contributed by atoms with Crippen molar-refractivity contribution in [2.75, 3.05) is 4.90 Å². The van der Waals surface area contributed by atoms with E-state index in [4.69, 9.17) is 0 Å². The van der Waals surface area contributed by atoms with E-state index in [9.17, 15) is 14.3 Å². The van der Waals surface area contributed by atoms with Crippen LogP contribution in [0.25, 0.3) is 22.5 Å². The van der Waals surface area contributed by atoms with Gasteiger partial charge < -0.3 is 14.6 Å². The van der Waals surface area contributed by atoms with E-state index >= 15 is 4.39 Å². The summed E-state index contributed by atoms with van der Waals surface area (Å²) in [6, 6.07) is 5.80. The lowest BCUT2D eigenvalue weighted by atomic mass is 9.60. The summed E-state index contributed by atoms with van der Waals surface area (Å²) in [7, 11) is 1.47. The van der Waals surface area contributed by atoms with Crippen molar-refractivity contribution < 1.29 is 13.9 Å². The number of aromatic nitrogens is 4. The Kier molecular flexibility index (Phi) is 5.76. The molecular formula is C28H31F2N5O2. The molecule has 37 heavy (non-hydrogen) atoms. The molecule has 3 saturated carbocycles. The van der Waals surface area contributed by atoms with Gasteiger partial charge in [0.2, 0.25) is 0 Å². The van der Waals surface area contributed by atoms with Crippen molar-refractivity contribution in [2.45, 2.75) is 70.1 Å². The molecule has 3 fully saturated rings. The highest BCUT2D eigenvalue weighted by molar-refractivity contribution is 5.73. The average molecular weight is 508 g/mol. The van der Waals surface area contributed by atoms with Crippen LogP contribution in [0.2, 0.25) is 0 Å². The monoisotopic (exact) mass is 507 g/mol. The predicted molar refractivity (Wildman–Crippen MR) is 136 cm³/mol. The maximum Gasteiger partial charge on any atom is 0.251 e. The SMILES string of the molecule is Cn1cc(F)c(-c2ccc(-c3ncc(N(C4CC4)[C@@H]4C[C@H]5CCC[C@](C)(C5)[C@@H]4F)nn3)c(O)c2)cc1=O. The number of rotatable bonds is 5. The number of fused-ring (bicyclic) bond motifs is 2. The van der Waals surface area contributed by atoms with E-state index in [0.29, 0.717) is 22.9 Å². The number of phenols is 1. The van der Waals surface area contributed by atoms with E-state index in [1.165, 1.54) is 19.2 Å². The smallest absolute Gasteiger partial charge is 0.251 e. The Balaban J connectivity index is 1.28. The average Bonchev–Trinajstić information content (AvgIpc) is 3.70. The Bertz CT molecular complexity index is 1390. The van der Waals surface area contributed by atoms with E-state index in [0.717, 1.165) is 55.7 Å². The molecule has 0 radical (unpaired) electrons. The van der Waals surface area contributed by atoms with E-state index < -0.39 is 12.0 Å². The zero-order valence-electron chi connectivity index (χ0n) is 21.1. The van der Waals surface area contributed by atoms with Crippen molar-refractivity contribution in [2.24, 2.45) is 18.4 Å². The Morgan fingerprint density at radius 1 is 1.16 bits per heavy atom. The summed E-state index contributed by atoms with van der Waals surface area (Å²) in [4.78, 5) is 18.6. The molecule has 3 aliphatic rings. The number of benzene rings is 1. The van der Waals surface area contributed by atoms with Crippen LogP contribution < -0.4 is 10.5 Å². The summed E-state index contributed by atoms with van der Waals surface area (Å²) in [6.45, 7) is 2.10. The van der Waals surface area contributed by atoms with Crippen LogP contribution in [0.5, 0.6) is 5.75 Å². The third kappa shape index (κ3) is 4.28. The molecule has 3 aliphatic carbocycles. The molecule has 0 aliphatic heterocycles. The molecule has 2 aromatic heterocycles. The normalized spacial score (nSPS) is 27.2. The van der Waals surface area contributed by atoms with Gasteiger partial charge >= 0.3 is 0 Å². The minimum absolute atomic E-state index is 0.103. The molecule has 3 aromatic rings. The number of hydrogen-bond acceptors (Lipinski definition) is 6. The first kappa shape index (κ1) is 24.0. The number of alkyl halides is 1. The largest absolute Gasteiger partial charge is 0.507 e. The van der Waals surface area contributed by atoms with Crippen LogP contribution in [0.15, 0.2) is 41.5 Å². The van der Waals surface area contributed by atoms with Crippen molar-refractivity contribution in [3.8, 4) is 28.3 Å². The first-order chi connectivity index (χ1) is 17.7. The molecule has 1 aromatic carbocycles. The molecule has 2 heterocycles. The third-order valence-electron chi connectivity index (χ3n) is 8.53. The summed E-state index contributed by atoms with van der Waals surface area (Å²) in [5.41, 5.74) is 0.176. The molecule has 7 nitrogen and oxygen atoms in total. The second-order valence-electron chi connectivity index (χ2n) is 11.3. The van der Waals surface area contributed by atoms with E-state index in [1.54, 1.807) is 18.3 Å². The zero-order valence-corrected chi connectivity index (χ0v) is 21.1. The van der Waals surface area contributed by atoms with Crippen LogP contribution in [-0.4, -0.2) is 43.1 Å². The van der Waals surface area contributed by atoms with Crippen LogP contribution in [-0.2, 0) is 7.05 Å². The minimum Gasteiger partial charge on any atom is -0.507 e. The molecule has 0 amide bonds. The second kappa shape index (κ2) is 8.89. The fourth-order valence-electron chi connectivity index (χ4n) is 6.49. The van der Waals surface area contributed by atoms with Crippen LogP contribution in [0.4, 0.5) is 14.6 Å². The van der Waals surface area contributed by atoms with Gasteiger partial charge in [-0.05, 0) is 55.7 Å². The van der Waals surface area contributed by atoms with Crippen molar-refractivity contribution in [3.63, 3.8) is 0 Å². The van der Waals surface area contributed by atoms with Gasteiger partial charge in [0.05, 0.1) is 17.8 Å². The van der Waals surface area contributed by atoms with E-state index in [-0.39, 0.29) is 40.2 Å². The van der Waals surface area contributed by atoms with Crippen LogP contribution in [0.3, 0.4) is 0 Å². The fourth-order valence-corrected chi connectivity index (χ4v) is 6.49. The van der Waals surface area contributed by atoms with Crippen LogP contribution in [0, 0.1) is 17.2 Å². The molecule has 2 bridgehead atoms. The number of nitrogens with zero attached hydrogens (tertiary/aromatic N) is 5. The molecule has 6 rings (SSSR count). The standard InChI is InChI=1S/C28H31F2N5O2/c1-28-9-3-4-16(13-28)10-22(26(28)30)35(18-6-7-18)24-14-31-27(33-32-24)19-8-5-17(11-23(19)36)20-12-25(37)34(2)15-21(20)29/h5,8,11-12,14-16,18,22,26,36H,3-4,6-7,9-10,13H2,1-2H3/t16-,22-,26-,28-/m1/s1. The molecule has 0 saturated heterocycles. The first-order valence-corrected chi connectivity index (χ1v) is 13.1. The van der Waals surface area contributed by atoms with Gasteiger partial charge in [0.15, 0.2) is 11.6 Å². The molecule has 194 valence electrons. The summed E-state index contributed by atoms with van der Waals surface area (Å²) in [5.74, 6) is 0.618. The van der Waals surface area contributed by atoms with Gasteiger partial charge in [0, 0.05) is 36.3 Å². The Hall–Kier alpha value is -3.36. The molecule has 0 spiro atoms. The highest BCUT2D eigenvalue weighted by atomic mass is 19.1. The van der Waals surface area contributed by atoms with Crippen LogP contribution in [0.1, 0.15) is 51.9 Å². The lowest BCUT2D eigenvalue weighted by molar-refractivity contribution is -0.0125. The van der Waals surface area contributed by atoms with Crippen LogP contribution >= 0.6 is 0 Å². The lowest BCUT2D eigenvalue weighted by Gasteiger charge is -2.52. The molecule has 0 unspecified atom stereocenters. The Labute approximate surface area is 214 Å². The number of aromatic hydroxyl groups is 1. The van der Waals surface area contributed by atoms with Gasteiger partial charge in [-0.2, -0.15) is 0 Å².